The quantitative estimate of drug-likeness (QED) is 0.0968. The Bertz CT molecular complexity index is 2000. The highest BCUT2D eigenvalue weighted by Gasteiger charge is 2.80. The minimum Gasteiger partial charge on any atom is -0.494 e. The van der Waals surface area contributed by atoms with E-state index >= 15 is 26.3 Å². The van der Waals surface area contributed by atoms with Gasteiger partial charge in [0.2, 0.25) is 0 Å². The maximum absolute atomic E-state index is 15.8. The van der Waals surface area contributed by atoms with E-state index in [1.165, 1.54) is 26.0 Å². The SMILES string of the molecule is Cc1sc(-c2ccc(OCCCNC(=O)OC(C)(C)C)cc2)cc1C1=C(c2cc(-c3ccc(OCCCNC(=O)OC(C)(C)C)cc3)sc2C)C(F)(F)C(F)(F)C1(F)F. The van der Waals surface area contributed by atoms with Gasteiger partial charge in [-0.05, 0) is 151 Å². The molecule has 8 nitrogen and oxygen atoms in total. The molecule has 2 amide bonds. The van der Waals surface area contributed by atoms with Gasteiger partial charge in [-0.1, -0.05) is 0 Å². The summed E-state index contributed by atoms with van der Waals surface area (Å²) in [6.07, 6.45) is -0.105. The summed E-state index contributed by atoms with van der Waals surface area (Å²) in [6, 6.07) is 15.7. The molecule has 0 unspecified atom stereocenters. The first-order valence-corrected chi connectivity index (χ1v) is 20.5. The van der Waals surface area contributed by atoms with E-state index in [2.05, 4.69) is 10.6 Å². The van der Waals surface area contributed by atoms with Crippen molar-refractivity contribution < 1.29 is 54.9 Å². The second kappa shape index (κ2) is 17.5. The first-order chi connectivity index (χ1) is 27.4. The molecule has 0 atom stereocenters. The van der Waals surface area contributed by atoms with Gasteiger partial charge in [0.25, 0.3) is 0 Å². The monoisotopic (exact) mass is 866 g/mol. The van der Waals surface area contributed by atoms with E-state index in [4.69, 9.17) is 18.9 Å². The lowest BCUT2D eigenvalue weighted by Gasteiger charge is -2.25. The molecule has 2 aromatic carbocycles. The number of hydrogen-bond donors (Lipinski definition) is 2. The molecular formula is C43H48F6N2O6S2. The van der Waals surface area contributed by atoms with Crippen molar-refractivity contribution in [3.05, 3.63) is 81.5 Å². The van der Waals surface area contributed by atoms with Crippen molar-refractivity contribution in [3.8, 4) is 32.4 Å². The number of amides is 2. The highest BCUT2D eigenvalue weighted by molar-refractivity contribution is 7.16. The van der Waals surface area contributed by atoms with Crippen LogP contribution in [0.2, 0.25) is 0 Å². The average molecular weight is 867 g/mol. The third kappa shape index (κ3) is 10.6. The number of rotatable bonds is 14. The molecule has 1 aliphatic rings. The molecule has 0 saturated heterocycles. The summed E-state index contributed by atoms with van der Waals surface area (Å²) in [5, 5.41) is 5.28. The number of alkyl halides is 6. The van der Waals surface area contributed by atoms with Crippen LogP contribution in [0.15, 0.2) is 60.7 Å². The smallest absolute Gasteiger partial charge is 0.407 e. The third-order valence-corrected chi connectivity index (χ3v) is 11.0. The first kappa shape index (κ1) is 45.4. The molecule has 320 valence electrons. The van der Waals surface area contributed by atoms with Crippen LogP contribution in [0.4, 0.5) is 35.9 Å². The number of nitrogens with one attached hydrogen (secondary N) is 2. The van der Waals surface area contributed by atoms with Crippen molar-refractivity contribution in [2.24, 2.45) is 0 Å². The number of hydrogen-bond acceptors (Lipinski definition) is 8. The van der Waals surface area contributed by atoms with Crippen LogP contribution in [0.25, 0.3) is 32.0 Å². The number of carbonyl (C=O) groups excluding carboxylic acids is 2. The van der Waals surface area contributed by atoms with E-state index in [1.54, 1.807) is 90.1 Å². The zero-order valence-electron chi connectivity index (χ0n) is 34.0. The molecule has 0 bridgehead atoms. The zero-order chi connectivity index (χ0) is 43.6. The van der Waals surface area contributed by atoms with E-state index < -0.39 is 52.3 Å². The summed E-state index contributed by atoms with van der Waals surface area (Å²) < 4.78 is 116. The fraction of sp³-hybridized carbons (Fsp3) is 0.442. The van der Waals surface area contributed by atoms with Gasteiger partial charge in [0, 0.05) is 43.7 Å². The van der Waals surface area contributed by atoms with E-state index in [0.717, 1.165) is 22.7 Å². The molecule has 0 fully saturated rings. The van der Waals surface area contributed by atoms with Gasteiger partial charge >= 0.3 is 30.0 Å². The Morgan fingerprint density at radius 3 is 1.25 bits per heavy atom. The number of thiophene rings is 2. The fourth-order valence-electron chi connectivity index (χ4n) is 6.14. The fourth-order valence-corrected chi connectivity index (χ4v) is 8.21. The highest BCUT2D eigenvalue weighted by atomic mass is 32.1. The van der Waals surface area contributed by atoms with E-state index in [1.807, 2.05) is 0 Å². The minimum atomic E-state index is -5.70. The molecule has 0 saturated carbocycles. The second-order valence-electron chi connectivity index (χ2n) is 15.9. The third-order valence-electron chi connectivity index (χ3n) is 8.83. The Morgan fingerprint density at radius 2 is 0.932 bits per heavy atom. The van der Waals surface area contributed by atoms with Gasteiger partial charge in [0.15, 0.2) is 0 Å². The van der Waals surface area contributed by atoms with Gasteiger partial charge in [-0.3, -0.25) is 0 Å². The normalized spacial score (nSPS) is 15.8. The van der Waals surface area contributed by atoms with E-state index in [-0.39, 0.29) is 34.1 Å². The number of carbonyl (C=O) groups is 2. The Labute approximate surface area is 347 Å². The van der Waals surface area contributed by atoms with Crippen LogP contribution in [-0.2, 0) is 9.47 Å². The van der Waals surface area contributed by atoms with E-state index in [0.29, 0.717) is 58.3 Å². The Kier molecular flexibility index (Phi) is 13.5. The number of halogens is 6. The van der Waals surface area contributed by atoms with Crippen LogP contribution in [0, 0.1) is 13.8 Å². The van der Waals surface area contributed by atoms with Crippen LogP contribution in [0.1, 0.15) is 75.3 Å². The number of benzene rings is 2. The van der Waals surface area contributed by atoms with Gasteiger partial charge in [0.05, 0.1) is 13.2 Å². The van der Waals surface area contributed by atoms with Crippen LogP contribution in [0.5, 0.6) is 11.5 Å². The molecule has 2 aromatic heterocycles. The standard InChI is InChI=1S/C43H48F6N2O6S2/c1-25-31(23-33(58-25)27-11-15-29(16-12-27)54-21-9-19-50-37(52)56-39(3,4)5)35-36(42(46,47)43(48,49)41(35,44)45)32-24-34(59-26(32)2)28-13-17-30(18-14-28)55-22-10-20-51-38(53)57-40(6,7)8/h11-18,23-24H,9-10,19-22H2,1-8H3,(H,50,52)(H,51,53). The van der Waals surface area contributed by atoms with Crippen molar-refractivity contribution >= 4 is 46.0 Å². The lowest BCUT2D eigenvalue weighted by molar-refractivity contribution is -0.254. The largest absolute Gasteiger partial charge is 0.494 e. The molecule has 1 aliphatic carbocycles. The van der Waals surface area contributed by atoms with Crippen molar-refractivity contribution in [2.75, 3.05) is 26.3 Å². The van der Waals surface area contributed by atoms with Crippen molar-refractivity contribution in [1.29, 1.82) is 0 Å². The second-order valence-corrected chi connectivity index (χ2v) is 18.5. The molecule has 0 spiro atoms. The summed E-state index contributed by atoms with van der Waals surface area (Å²) in [7, 11) is 0. The van der Waals surface area contributed by atoms with Gasteiger partial charge in [0.1, 0.15) is 22.7 Å². The van der Waals surface area contributed by atoms with Crippen LogP contribution >= 0.6 is 22.7 Å². The molecule has 0 aliphatic heterocycles. The zero-order valence-corrected chi connectivity index (χ0v) is 35.7. The predicted octanol–water partition coefficient (Wildman–Crippen LogP) is 12.2. The molecule has 0 radical (unpaired) electrons. The summed E-state index contributed by atoms with van der Waals surface area (Å²) in [4.78, 5) is 24.8. The van der Waals surface area contributed by atoms with Gasteiger partial charge in [-0.25, -0.2) is 9.59 Å². The summed E-state index contributed by atoms with van der Waals surface area (Å²) in [5.41, 5.74) is -3.71. The lowest BCUT2D eigenvalue weighted by atomic mass is 9.94. The summed E-state index contributed by atoms with van der Waals surface area (Å²) in [5.74, 6) is -15.1. The molecule has 2 heterocycles. The van der Waals surface area contributed by atoms with E-state index in [9.17, 15) is 9.59 Å². The maximum Gasteiger partial charge on any atom is 0.407 e. The van der Waals surface area contributed by atoms with Crippen molar-refractivity contribution in [3.63, 3.8) is 0 Å². The van der Waals surface area contributed by atoms with Crippen molar-refractivity contribution in [1.82, 2.24) is 10.6 Å². The molecule has 16 heteroatoms. The molecular weight excluding hydrogens is 819 g/mol. The van der Waals surface area contributed by atoms with Gasteiger partial charge in [-0.15, -0.1) is 22.7 Å². The molecule has 4 aromatic rings. The molecule has 5 rings (SSSR count). The summed E-state index contributed by atoms with van der Waals surface area (Å²) in [6.45, 7) is 14.6. The Hall–Kier alpha value is -4.70. The number of ether oxygens (including phenoxy) is 4. The number of allylic oxidation sites excluding steroid dienone is 2. The maximum atomic E-state index is 15.8. The van der Waals surface area contributed by atoms with Crippen LogP contribution < -0.4 is 20.1 Å². The summed E-state index contributed by atoms with van der Waals surface area (Å²) >= 11 is 2.05. The van der Waals surface area contributed by atoms with Crippen LogP contribution in [-0.4, -0.2) is 67.5 Å². The Morgan fingerprint density at radius 1 is 0.593 bits per heavy atom. The lowest BCUT2D eigenvalue weighted by Crippen LogP contribution is -2.48. The predicted molar refractivity (Wildman–Crippen MR) is 219 cm³/mol. The Balaban J connectivity index is 1.32. The molecule has 59 heavy (non-hydrogen) atoms. The van der Waals surface area contributed by atoms with Gasteiger partial charge < -0.3 is 29.6 Å². The number of aryl methyl sites for hydroxylation is 2. The van der Waals surface area contributed by atoms with Crippen LogP contribution in [0.3, 0.4) is 0 Å². The minimum absolute atomic E-state index is 0.169. The highest BCUT2D eigenvalue weighted by Crippen LogP contribution is 2.66. The van der Waals surface area contributed by atoms with Crippen molar-refractivity contribution in [2.45, 2.75) is 97.2 Å². The van der Waals surface area contributed by atoms with Gasteiger partial charge in [-0.2, -0.15) is 26.3 Å². The average Bonchev–Trinajstić information content (AvgIpc) is 3.72. The molecule has 2 N–H and O–H groups in total. The topological polar surface area (TPSA) is 95.1 Å². The number of alkyl carbamates (subject to hydrolysis) is 2. The first-order valence-electron chi connectivity index (χ1n) is 18.9.